The number of methoxy groups -OCH3 is 1. The zero-order valence-electron chi connectivity index (χ0n) is 15.2. The first-order valence-corrected chi connectivity index (χ1v) is 9.78. The summed E-state index contributed by atoms with van der Waals surface area (Å²) in [5, 5.41) is 2.91. The van der Waals surface area contributed by atoms with E-state index >= 15 is 0 Å². The van der Waals surface area contributed by atoms with Gasteiger partial charge in [-0.1, -0.05) is 25.7 Å². The van der Waals surface area contributed by atoms with Gasteiger partial charge in [0.05, 0.1) is 7.11 Å². The molecule has 3 fully saturated rings. The van der Waals surface area contributed by atoms with E-state index in [0.717, 1.165) is 51.4 Å². The molecular weight excluding hydrogens is 320 g/mol. The highest BCUT2D eigenvalue weighted by atomic mass is 16.5. The lowest BCUT2D eigenvalue weighted by Gasteiger charge is -2.33. The molecule has 0 aromatic heterocycles. The molecule has 1 heterocycles. The Labute approximate surface area is 149 Å². The average Bonchev–Trinajstić information content (AvgIpc) is 3.28. The third-order valence-electron chi connectivity index (χ3n) is 6.21. The summed E-state index contributed by atoms with van der Waals surface area (Å²) in [7, 11) is 1.38. The Morgan fingerprint density at radius 2 is 1.72 bits per heavy atom. The lowest BCUT2D eigenvalue weighted by molar-refractivity contribution is -0.152. The molecule has 0 unspecified atom stereocenters. The van der Waals surface area contributed by atoms with Gasteiger partial charge in [-0.05, 0) is 38.0 Å². The number of carbonyl (C=O) groups is 3. The van der Waals surface area contributed by atoms with Gasteiger partial charge in [0.2, 0.25) is 11.8 Å². The summed E-state index contributed by atoms with van der Waals surface area (Å²) >= 11 is 0. The molecule has 0 bridgehead atoms. The number of esters is 1. The number of fused-ring (bicyclic) bond motifs is 1. The van der Waals surface area contributed by atoms with E-state index in [2.05, 4.69) is 5.32 Å². The second kappa shape index (κ2) is 8.19. The van der Waals surface area contributed by atoms with Gasteiger partial charge in [-0.25, -0.2) is 4.79 Å². The largest absolute Gasteiger partial charge is 0.467 e. The standard InChI is InChI=1S/C19H30N2O4/c1-25-19(24)16-12-14-8-4-5-9-15(14)21(16)17(22)10-11-20-18(23)13-6-2-3-7-13/h13-16H,2-12H2,1H3,(H,20,23)/t14-,15+,16+/m1/s1. The van der Waals surface area contributed by atoms with Crippen molar-refractivity contribution in [3.63, 3.8) is 0 Å². The van der Waals surface area contributed by atoms with Crippen molar-refractivity contribution in [2.75, 3.05) is 13.7 Å². The van der Waals surface area contributed by atoms with E-state index in [1.807, 2.05) is 0 Å². The fourth-order valence-electron chi connectivity index (χ4n) is 4.92. The molecule has 3 aliphatic rings. The number of rotatable bonds is 5. The summed E-state index contributed by atoms with van der Waals surface area (Å²) in [6.45, 7) is 0.357. The number of hydrogen-bond donors (Lipinski definition) is 1. The highest BCUT2D eigenvalue weighted by Gasteiger charge is 2.47. The van der Waals surface area contributed by atoms with Crippen LogP contribution in [0.4, 0.5) is 0 Å². The Hall–Kier alpha value is -1.59. The maximum atomic E-state index is 12.8. The molecular formula is C19H30N2O4. The van der Waals surface area contributed by atoms with Gasteiger partial charge in [0.15, 0.2) is 0 Å². The Morgan fingerprint density at radius 1 is 1.04 bits per heavy atom. The summed E-state index contributed by atoms with van der Waals surface area (Å²) in [4.78, 5) is 38.8. The minimum absolute atomic E-state index is 0.0310. The number of amides is 2. The smallest absolute Gasteiger partial charge is 0.328 e. The van der Waals surface area contributed by atoms with E-state index in [-0.39, 0.29) is 36.2 Å². The highest BCUT2D eigenvalue weighted by Crippen LogP contribution is 2.40. The van der Waals surface area contributed by atoms with Gasteiger partial charge in [-0.2, -0.15) is 0 Å². The molecule has 0 spiro atoms. The van der Waals surface area contributed by atoms with Crippen molar-refractivity contribution in [1.29, 1.82) is 0 Å². The summed E-state index contributed by atoms with van der Waals surface area (Å²) < 4.78 is 4.93. The zero-order chi connectivity index (χ0) is 17.8. The van der Waals surface area contributed by atoms with Crippen molar-refractivity contribution in [3.05, 3.63) is 0 Å². The van der Waals surface area contributed by atoms with Crippen molar-refractivity contribution in [2.45, 2.75) is 76.3 Å². The molecule has 25 heavy (non-hydrogen) atoms. The minimum atomic E-state index is -0.448. The van der Waals surface area contributed by atoms with E-state index in [1.165, 1.54) is 13.5 Å². The molecule has 6 heteroatoms. The molecule has 1 saturated heterocycles. The summed E-state index contributed by atoms with van der Waals surface area (Å²) in [6, 6.07) is -0.285. The zero-order valence-corrected chi connectivity index (χ0v) is 15.2. The van der Waals surface area contributed by atoms with Gasteiger partial charge < -0.3 is 15.0 Å². The minimum Gasteiger partial charge on any atom is -0.467 e. The van der Waals surface area contributed by atoms with Gasteiger partial charge in [0, 0.05) is 24.9 Å². The first kappa shape index (κ1) is 18.2. The first-order valence-electron chi connectivity index (χ1n) is 9.78. The molecule has 2 amide bonds. The Morgan fingerprint density at radius 3 is 2.44 bits per heavy atom. The highest BCUT2D eigenvalue weighted by molar-refractivity contribution is 5.86. The number of carbonyl (C=O) groups excluding carboxylic acids is 3. The van der Waals surface area contributed by atoms with Crippen LogP contribution in [0, 0.1) is 11.8 Å². The number of hydrogen-bond acceptors (Lipinski definition) is 4. The summed E-state index contributed by atoms with van der Waals surface area (Å²) in [5.74, 6) is 0.267. The van der Waals surface area contributed by atoms with Crippen LogP contribution in [0.2, 0.25) is 0 Å². The van der Waals surface area contributed by atoms with Crippen molar-refractivity contribution < 1.29 is 19.1 Å². The molecule has 2 aliphatic carbocycles. The van der Waals surface area contributed by atoms with E-state index in [0.29, 0.717) is 12.5 Å². The van der Waals surface area contributed by atoms with Crippen LogP contribution in [0.1, 0.15) is 64.2 Å². The predicted molar refractivity (Wildman–Crippen MR) is 92.6 cm³/mol. The topological polar surface area (TPSA) is 75.7 Å². The van der Waals surface area contributed by atoms with Gasteiger partial charge in [0.1, 0.15) is 6.04 Å². The molecule has 1 aliphatic heterocycles. The Bertz CT molecular complexity index is 516. The molecule has 2 saturated carbocycles. The predicted octanol–water partition coefficient (Wildman–Crippen LogP) is 2.02. The second-order valence-electron chi connectivity index (χ2n) is 7.71. The third kappa shape index (κ3) is 3.98. The number of ether oxygens (including phenoxy) is 1. The fraction of sp³-hybridized carbons (Fsp3) is 0.842. The lowest BCUT2D eigenvalue weighted by atomic mass is 9.84. The Balaban J connectivity index is 1.56. The van der Waals surface area contributed by atoms with Crippen LogP contribution in [0.25, 0.3) is 0 Å². The molecule has 1 N–H and O–H groups in total. The molecule has 3 atom stereocenters. The molecule has 6 nitrogen and oxygen atoms in total. The van der Waals surface area contributed by atoms with Crippen LogP contribution in [-0.2, 0) is 19.1 Å². The van der Waals surface area contributed by atoms with Gasteiger partial charge >= 0.3 is 5.97 Å². The van der Waals surface area contributed by atoms with E-state index in [9.17, 15) is 14.4 Å². The van der Waals surface area contributed by atoms with Crippen LogP contribution in [-0.4, -0.2) is 48.4 Å². The maximum Gasteiger partial charge on any atom is 0.328 e. The SMILES string of the molecule is COC(=O)[C@@H]1C[C@H]2CCCC[C@@H]2N1C(=O)CCNC(=O)C1CCCC1. The maximum absolute atomic E-state index is 12.8. The quantitative estimate of drug-likeness (QED) is 0.770. The second-order valence-corrected chi connectivity index (χ2v) is 7.71. The van der Waals surface area contributed by atoms with Crippen LogP contribution in [0.5, 0.6) is 0 Å². The van der Waals surface area contributed by atoms with Crippen molar-refractivity contribution >= 4 is 17.8 Å². The van der Waals surface area contributed by atoms with Gasteiger partial charge in [-0.15, -0.1) is 0 Å². The third-order valence-corrected chi connectivity index (χ3v) is 6.21. The lowest BCUT2D eigenvalue weighted by Crippen LogP contribution is -2.47. The summed E-state index contributed by atoms with van der Waals surface area (Å²) in [5.41, 5.74) is 0. The van der Waals surface area contributed by atoms with Crippen LogP contribution < -0.4 is 5.32 Å². The van der Waals surface area contributed by atoms with Crippen molar-refractivity contribution in [2.24, 2.45) is 11.8 Å². The van der Waals surface area contributed by atoms with Crippen LogP contribution in [0.3, 0.4) is 0 Å². The summed E-state index contributed by atoms with van der Waals surface area (Å²) in [6.07, 6.45) is 9.47. The van der Waals surface area contributed by atoms with Gasteiger partial charge in [-0.3, -0.25) is 9.59 Å². The number of likely N-dealkylation sites (tertiary alicyclic amines) is 1. The molecule has 0 aromatic rings. The monoisotopic (exact) mass is 350 g/mol. The number of nitrogens with one attached hydrogen (secondary N) is 1. The van der Waals surface area contributed by atoms with Crippen LogP contribution in [0.15, 0.2) is 0 Å². The van der Waals surface area contributed by atoms with Crippen molar-refractivity contribution in [1.82, 2.24) is 10.2 Å². The van der Waals surface area contributed by atoms with Crippen molar-refractivity contribution in [3.8, 4) is 0 Å². The average molecular weight is 350 g/mol. The first-order chi connectivity index (χ1) is 12.1. The molecule has 0 aromatic carbocycles. The normalized spacial score (nSPS) is 29.3. The van der Waals surface area contributed by atoms with E-state index in [1.54, 1.807) is 4.90 Å². The fourth-order valence-corrected chi connectivity index (χ4v) is 4.92. The van der Waals surface area contributed by atoms with Crippen LogP contribution >= 0.6 is 0 Å². The molecule has 140 valence electrons. The number of nitrogens with zero attached hydrogens (tertiary/aromatic N) is 1. The Kier molecular flexibility index (Phi) is 5.97. The van der Waals surface area contributed by atoms with E-state index < -0.39 is 6.04 Å². The van der Waals surface area contributed by atoms with Gasteiger partial charge in [0.25, 0.3) is 0 Å². The molecule has 3 rings (SSSR count). The molecule has 0 radical (unpaired) electrons. The van der Waals surface area contributed by atoms with E-state index in [4.69, 9.17) is 4.74 Å².